The SMILES string of the molecule is CC1NCC(=O)N1CCOCC(F)F. The zero-order chi connectivity index (χ0) is 10.6. The molecule has 1 amide bonds. The van der Waals surface area contributed by atoms with Gasteiger partial charge >= 0.3 is 0 Å². The van der Waals surface area contributed by atoms with Gasteiger partial charge in [-0.3, -0.25) is 10.1 Å². The summed E-state index contributed by atoms with van der Waals surface area (Å²) in [6.45, 7) is 2.11. The summed E-state index contributed by atoms with van der Waals surface area (Å²) in [5, 5.41) is 2.94. The van der Waals surface area contributed by atoms with Crippen LogP contribution in [0.4, 0.5) is 8.78 Å². The summed E-state index contributed by atoms with van der Waals surface area (Å²) in [6, 6.07) is 0. The third-order valence-electron chi connectivity index (χ3n) is 2.06. The quantitative estimate of drug-likeness (QED) is 0.649. The molecule has 0 saturated carbocycles. The second kappa shape index (κ2) is 5.21. The van der Waals surface area contributed by atoms with Crippen LogP contribution in [-0.4, -0.2) is 49.7 Å². The van der Waals surface area contributed by atoms with Crippen LogP contribution in [0.25, 0.3) is 0 Å². The fraction of sp³-hybridized carbons (Fsp3) is 0.875. The molecule has 14 heavy (non-hydrogen) atoms. The minimum atomic E-state index is -2.44. The van der Waals surface area contributed by atoms with Crippen molar-refractivity contribution in [2.45, 2.75) is 19.5 Å². The Labute approximate surface area is 81.2 Å². The molecule has 0 bridgehead atoms. The van der Waals surface area contributed by atoms with Crippen molar-refractivity contribution in [2.24, 2.45) is 0 Å². The number of nitrogens with zero attached hydrogens (tertiary/aromatic N) is 1. The first-order chi connectivity index (χ1) is 6.61. The predicted molar refractivity (Wildman–Crippen MR) is 46.0 cm³/mol. The van der Waals surface area contributed by atoms with Gasteiger partial charge in [0.2, 0.25) is 5.91 Å². The van der Waals surface area contributed by atoms with Crippen LogP contribution in [0.2, 0.25) is 0 Å². The van der Waals surface area contributed by atoms with E-state index < -0.39 is 13.0 Å². The second-order valence-corrected chi connectivity index (χ2v) is 3.11. The van der Waals surface area contributed by atoms with Gasteiger partial charge in [-0.15, -0.1) is 0 Å². The van der Waals surface area contributed by atoms with E-state index in [0.29, 0.717) is 13.1 Å². The molecule has 0 aromatic heterocycles. The average Bonchev–Trinajstić information content (AvgIpc) is 2.42. The molecular weight excluding hydrogens is 194 g/mol. The van der Waals surface area contributed by atoms with Crippen LogP contribution in [0.3, 0.4) is 0 Å². The monoisotopic (exact) mass is 208 g/mol. The van der Waals surface area contributed by atoms with Crippen molar-refractivity contribution < 1.29 is 18.3 Å². The summed E-state index contributed by atoms with van der Waals surface area (Å²) in [6.07, 6.45) is -2.47. The number of amides is 1. The zero-order valence-corrected chi connectivity index (χ0v) is 8.00. The molecule has 6 heteroatoms. The first kappa shape index (κ1) is 11.3. The van der Waals surface area contributed by atoms with Crippen LogP contribution in [-0.2, 0) is 9.53 Å². The number of rotatable bonds is 5. The van der Waals surface area contributed by atoms with Crippen molar-refractivity contribution in [3.63, 3.8) is 0 Å². The third-order valence-corrected chi connectivity index (χ3v) is 2.06. The predicted octanol–water partition coefficient (Wildman–Crippen LogP) is 0.0459. The topological polar surface area (TPSA) is 41.6 Å². The molecule has 1 rings (SSSR count). The van der Waals surface area contributed by atoms with E-state index in [2.05, 4.69) is 10.1 Å². The summed E-state index contributed by atoms with van der Waals surface area (Å²) < 4.78 is 28.0. The Morgan fingerprint density at radius 1 is 1.71 bits per heavy atom. The second-order valence-electron chi connectivity index (χ2n) is 3.11. The molecule has 1 atom stereocenters. The van der Waals surface area contributed by atoms with Crippen molar-refractivity contribution in [2.75, 3.05) is 26.3 Å². The van der Waals surface area contributed by atoms with Crippen LogP contribution >= 0.6 is 0 Å². The van der Waals surface area contributed by atoms with Crippen molar-refractivity contribution in [3.8, 4) is 0 Å². The Bertz CT molecular complexity index is 202. The molecule has 4 nitrogen and oxygen atoms in total. The minimum Gasteiger partial charge on any atom is -0.374 e. The molecule has 1 heterocycles. The molecule has 1 unspecified atom stereocenters. The normalized spacial score (nSPS) is 22.4. The Morgan fingerprint density at radius 2 is 2.43 bits per heavy atom. The maximum Gasteiger partial charge on any atom is 0.261 e. The van der Waals surface area contributed by atoms with Gasteiger partial charge < -0.3 is 9.64 Å². The van der Waals surface area contributed by atoms with E-state index in [4.69, 9.17) is 0 Å². The van der Waals surface area contributed by atoms with Crippen molar-refractivity contribution in [3.05, 3.63) is 0 Å². The highest BCUT2D eigenvalue weighted by Gasteiger charge is 2.25. The van der Waals surface area contributed by atoms with E-state index in [1.807, 2.05) is 6.92 Å². The van der Waals surface area contributed by atoms with E-state index in [1.165, 1.54) is 0 Å². The van der Waals surface area contributed by atoms with Crippen molar-refractivity contribution in [1.29, 1.82) is 0 Å². The highest BCUT2D eigenvalue weighted by Crippen LogP contribution is 2.03. The number of carbonyl (C=O) groups excluding carboxylic acids is 1. The number of hydrogen-bond donors (Lipinski definition) is 1. The largest absolute Gasteiger partial charge is 0.374 e. The van der Waals surface area contributed by atoms with Gasteiger partial charge in [-0.1, -0.05) is 0 Å². The fourth-order valence-electron chi connectivity index (χ4n) is 1.32. The molecule has 0 aliphatic carbocycles. The summed E-state index contributed by atoms with van der Waals surface area (Å²) in [5.41, 5.74) is 0. The lowest BCUT2D eigenvalue weighted by Gasteiger charge is -2.20. The van der Waals surface area contributed by atoms with E-state index in [-0.39, 0.29) is 18.7 Å². The average molecular weight is 208 g/mol. The van der Waals surface area contributed by atoms with E-state index in [0.717, 1.165) is 0 Å². The number of carbonyl (C=O) groups is 1. The lowest BCUT2D eigenvalue weighted by Crippen LogP contribution is -2.37. The van der Waals surface area contributed by atoms with E-state index in [9.17, 15) is 13.6 Å². The number of ether oxygens (including phenoxy) is 1. The van der Waals surface area contributed by atoms with E-state index in [1.54, 1.807) is 4.90 Å². The van der Waals surface area contributed by atoms with E-state index >= 15 is 0 Å². The molecule has 1 aliphatic rings. The van der Waals surface area contributed by atoms with Crippen molar-refractivity contribution >= 4 is 5.91 Å². The summed E-state index contributed by atoms with van der Waals surface area (Å²) in [4.78, 5) is 12.7. The van der Waals surface area contributed by atoms with Crippen LogP contribution in [0.5, 0.6) is 0 Å². The van der Waals surface area contributed by atoms with Gasteiger partial charge in [0, 0.05) is 6.54 Å². The van der Waals surface area contributed by atoms with Gasteiger partial charge in [0.05, 0.1) is 19.3 Å². The summed E-state index contributed by atoms with van der Waals surface area (Å²) in [5.74, 6) is -0.0156. The number of nitrogens with one attached hydrogen (secondary N) is 1. The lowest BCUT2D eigenvalue weighted by molar-refractivity contribution is -0.128. The van der Waals surface area contributed by atoms with Gasteiger partial charge in [-0.25, -0.2) is 8.78 Å². The van der Waals surface area contributed by atoms with Crippen molar-refractivity contribution in [1.82, 2.24) is 10.2 Å². The molecule has 1 aliphatic heterocycles. The van der Waals surface area contributed by atoms with Gasteiger partial charge in [-0.05, 0) is 6.92 Å². The number of alkyl halides is 2. The zero-order valence-electron chi connectivity index (χ0n) is 8.00. The summed E-state index contributed by atoms with van der Waals surface area (Å²) in [7, 11) is 0. The molecule has 0 aromatic rings. The molecule has 1 saturated heterocycles. The number of halogens is 2. The number of hydrogen-bond acceptors (Lipinski definition) is 3. The van der Waals surface area contributed by atoms with Crippen LogP contribution in [0.15, 0.2) is 0 Å². The molecule has 1 N–H and O–H groups in total. The van der Waals surface area contributed by atoms with Crippen LogP contribution in [0.1, 0.15) is 6.92 Å². The highest BCUT2D eigenvalue weighted by atomic mass is 19.3. The first-order valence-electron chi connectivity index (χ1n) is 4.50. The van der Waals surface area contributed by atoms with Crippen LogP contribution < -0.4 is 5.32 Å². The lowest BCUT2D eigenvalue weighted by atomic mass is 10.4. The Kier molecular flexibility index (Phi) is 4.21. The van der Waals surface area contributed by atoms with Gasteiger partial charge in [0.15, 0.2) is 0 Å². The third kappa shape index (κ3) is 3.19. The molecule has 0 aromatic carbocycles. The van der Waals surface area contributed by atoms with Gasteiger partial charge in [0.25, 0.3) is 6.43 Å². The maximum absolute atomic E-state index is 11.7. The molecule has 82 valence electrons. The standard InChI is InChI=1S/C8H14F2N2O2/c1-6-11-4-8(13)12(6)2-3-14-5-7(9)10/h6-7,11H,2-5H2,1H3. The molecule has 0 radical (unpaired) electrons. The van der Waals surface area contributed by atoms with Gasteiger partial charge in [-0.2, -0.15) is 0 Å². The summed E-state index contributed by atoms with van der Waals surface area (Å²) >= 11 is 0. The molecule has 0 spiro atoms. The Morgan fingerprint density at radius 3 is 2.93 bits per heavy atom. The first-order valence-corrected chi connectivity index (χ1v) is 4.50. The molecular formula is C8H14F2N2O2. The van der Waals surface area contributed by atoms with Gasteiger partial charge in [0.1, 0.15) is 6.61 Å². The molecule has 1 fully saturated rings. The van der Waals surface area contributed by atoms with Crippen LogP contribution in [0, 0.1) is 0 Å². The smallest absolute Gasteiger partial charge is 0.261 e. The minimum absolute atomic E-state index is 0.0156. The maximum atomic E-state index is 11.7. The fourth-order valence-corrected chi connectivity index (χ4v) is 1.32. The highest BCUT2D eigenvalue weighted by molar-refractivity contribution is 5.80. The Balaban J connectivity index is 2.14. The Hall–Kier alpha value is -0.750.